The Morgan fingerprint density at radius 3 is 2.50 bits per heavy atom. The lowest BCUT2D eigenvalue weighted by atomic mass is 10.0. The molecule has 3 aromatic carbocycles. The third-order valence-corrected chi connectivity index (χ3v) is 6.11. The smallest absolute Gasteiger partial charge is 0.262 e. The van der Waals surface area contributed by atoms with Crippen molar-refractivity contribution >= 4 is 39.9 Å². The molecule has 3 aromatic rings. The van der Waals surface area contributed by atoms with Crippen molar-refractivity contribution in [3.05, 3.63) is 66.7 Å². The van der Waals surface area contributed by atoms with Crippen molar-refractivity contribution in [1.29, 1.82) is 0 Å². The number of carbonyl (C=O) groups is 3. The van der Waals surface area contributed by atoms with Gasteiger partial charge in [-0.2, -0.15) is 0 Å². The van der Waals surface area contributed by atoms with Gasteiger partial charge in [0.1, 0.15) is 5.75 Å². The average molecular weight is 429 g/mol. The summed E-state index contributed by atoms with van der Waals surface area (Å²) in [5.74, 6) is -0.569. The number of amides is 3. The molecule has 162 valence electrons. The standard InChI is InChI=1S/C25H23N3O4/c1-26-24(30)22-15-28(20-10-4-5-12-21(20)32-22)25(31)17-13-23(29)27(14-17)19-11-6-8-16-7-2-3-9-18(16)19/h2-12,17,22H,13-15H2,1H3,(H,26,30). The molecule has 2 aliphatic rings. The van der Waals surface area contributed by atoms with E-state index >= 15 is 0 Å². The maximum Gasteiger partial charge on any atom is 0.262 e. The average Bonchev–Trinajstić information content (AvgIpc) is 3.23. The summed E-state index contributed by atoms with van der Waals surface area (Å²) < 4.78 is 5.80. The third-order valence-electron chi connectivity index (χ3n) is 6.11. The van der Waals surface area contributed by atoms with Crippen molar-refractivity contribution < 1.29 is 19.1 Å². The lowest BCUT2D eigenvalue weighted by molar-refractivity contribution is -0.128. The maximum atomic E-state index is 13.6. The molecule has 2 heterocycles. The van der Waals surface area contributed by atoms with Crippen LogP contribution < -0.4 is 19.9 Å². The van der Waals surface area contributed by atoms with Gasteiger partial charge in [-0.05, 0) is 23.6 Å². The molecule has 0 bridgehead atoms. The van der Waals surface area contributed by atoms with Crippen LogP contribution in [0.1, 0.15) is 6.42 Å². The van der Waals surface area contributed by atoms with Crippen LogP contribution in [-0.4, -0.2) is 44.0 Å². The minimum Gasteiger partial charge on any atom is -0.477 e. The monoisotopic (exact) mass is 429 g/mol. The van der Waals surface area contributed by atoms with Gasteiger partial charge in [-0.15, -0.1) is 0 Å². The van der Waals surface area contributed by atoms with E-state index in [0.717, 1.165) is 16.5 Å². The molecule has 2 unspecified atom stereocenters. The highest BCUT2D eigenvalue weighted by Gasteiger charge is 2.41. The van der Waals surface area contributed by atoms with E-state index in [2.05, 4.69) is 5.32 Å². The Morgan fingerprint density at radius 2 is 1.66 bits per heavy atom. The van der Waals surface area contributed by atoms with E-state index in [4.69, 9.17) is 4.74 Å². The van der Waals surface area contributed by atoms with E-state index in [0.29, 0.717) is 18.0 Å². The van der Waals surface area contributed by atoms with Crippen molar-refractivity contribution in [2.45, 2.75) is 12.5 Å². The molecule has 2 aliphatic heterocycles. The van der Waals surface area contributed by atoms with Crippen molar-refractivity contribution in [1.82, 2.24) is 5.32 Å². The first-order chi connectivity index (χ1) is 15.6. The molecule has 7 nitrogen and oxygen atoms in total. The van der Waals surface area contributed by atoms with E-state index in [1.807, 2.05) is 48.5 Å². The van der Waals surface area contributed by atoms with E-state index < -0.39 is 12.0 Å². The molecule has 0 radical (unpaired) electrons. The first kappa shape index (κ1) is 20.1. The van der Waals surface area contributed by atoms with Gasteiger partial charge >= 0.3 is 0 Å². The van der Waals surface area contributed by atoms with Crippen LogP contribution in [0.2, 0.25) is 0 Å². The maximum absolute atomic E-state index is 13.6. The summed E-state index contributed by atoms with van der Waals surface area (Å²) in [6.45, 7) is 0.407. The van der Waals surface area contributed by atoms with Gasteiger partial charge in [0, 0.05) is 25.4 Å². The topological polar surface area (TPSA) is 79.0 Å². The first-order valence-electron chi connectivity index (χ1n) is 10.6. The van der Waals surface area contributed by atoms with Gasteiger partial charge in [0.15, 0.2) is 6.10 Å². The van der Waals surface area contributed by atoms with Crippen molar-refractivity contribution in [3.63, 3.8) is 0 Å². The van der Waals surface area contributed by atoms with Crippen molar-refractivity contribution in [2.24, 2.45) is 5.92 Å². The predicted molar refractivity (Wildman–Crippen MR) is 122 cm³/mol. The Hall–Kier alpha value is -3.87. The Morgan fingerprint density at radius 1 is 0.938 bits per heavy atom. The summed E-state index contributed by atoms with van der Waals surface area (Å²) in [5.41, 5.74) is 1.43. The normalized spacial score (nSPS) is 20.1. The van der Waals surface area contributed by atoms with Crippen LogP contribution >= 0.6 is 0 Å². The molecule has 0 spiro atoms. The number of nitrogens with one attached hydrogen (secondary N) is 1. The van der Waals surface area contributed by atoms with Crippen molar-refractivity contribution in [3.8, 4) is 5.75 Å². The van der Waals surface area contributed by atoms with Crippen LogP contribution in [-0.2, 0) is 14.4 Å². The van der Waals surface area contributed by atoms with Crippen LogP contribution in [0.5, 0.6) is 5.75 Å². The highest BCUT2D eigenvalue weighted by atomic mass is 16.5. The molecule has 3 amide bonds. The van der Waals surface area contributed by atoms with Gasteiger partial charge in [0.05, 0.1) is 23.8 Å². The molecular weight excluding hydrogens is 406 g/mol. The highest BCUT2D eigenvalue weighted by molar-refractivity contribution is 6.09. The number of rotatable bonds is 3. The van der Waals surface area contributed by atoms with Crippen LogP contribution in [0, 0.1) is 5.92 Å². The summed E-state index contributed by atoms with van der Waals surface area (Å²) in [6, 6.07) is 20.9. The lowest BCUT2D eigenvalue weighted by Crippen LogP contribution is -2.51. The fraction of sp³-hybridized carbons (Fsp3) is 0.240. The molecule has 0 aromatic heterocycles. The zero-order valence-corrected chi connectivity index (χ0v) is 17.7. The molecule has 32 heavy (non-hydrogen) atoms. The largest absolute Gasteiger partial charge is 0.477 e. The number of nitrogens with zero attached hydrogens (tertiary/aromatic N) is 2. The van der Waals surface area contributed by atoms with Crippen LogP contribution in [0.3, 0.4) is 0 Å². The van der Waals surface area contributed by atoms with Crippen LogP contribution in [0.25, 0.3) is 10.8 Å². The Labute approximate surface area is 185 Å². The van der Waals surface area contributed by atoms with Crippen molar-refractivity contribution in [2.75, 3.05) is 29.9 Å². The SMILES string of the molecule is CNC(=O)C1CN(C(=O)C2CC(=O)N(c3cccc4ccccc34)C2)c2ccccc2O1. The number of para-hydroxylation sites is 2. The summed E-state index contributed by atoms with van der Waals surface area (Å²) in [6.07, 6.45) is -0.670. The Balaban J connectivity index is 1.44. The zero-order chi connectivity index (χ0) is 22.2. The van der Waals surface area contributed by atoms with Crippen LogP contribution in [0.15, 0.2) is 66.7 Å². The minimum absolute atomic E-state index is 0.0795. The molecule has 0 aliphatic carbocycles. The van der Waals surface area contributed by atoms with Gasteiger partial charge in [-0.25, -0.2) is 0 Å². The number of benzene rings is 3. The molecule has 1 N–H and O–H groups in total. The fourth-order valence-electron chi connectivity index (χ4n) is 4.51. The second kappa shape index (κ2) is 8.00. The van der Waals surface area contributed by atoms with Gasteiger partial charge < -0.3 is 19.9 Å². The minimum atomic E-state index is -0.801. The number of anilines is 2. The number of fused-ring (bicyclic) bond motifs is 2. The first-order valence-corrected chi connectivity index (χ1v) is 10.6. The Kier molecular flexibility index (Phi) is 5.01. The number of ether oxygens (including phenoxy) is 1. The third kappa shape index (κ3) is 3.36. The molecule has 7 heteroatoms. The Bertz CT molecular complexity index is 1220. The van der Waals surface area contributed by atoms with E-state index in [1.165, 1.54) is 7.05 Å². The second-order valence-corrected chi connectivity index (χ2v) is 8.04. The van der Waals surface area contributed by atoms with Crippen LogP contribution in [0.4, 0.5) is 11.4 Å². The van der Waals surface area contributed by atoms with E-state index in [9.17, 15) is 14.4 Å². The molecule has 0 saturated carbocycles. The zero-order valence-electron chi connectivity index (χ0n) is 17.7. The number of carbonyl (C=O) groups excluding carboxylic acids is 3. The quantitative estimate of drug-likeness (QED) is 0.695. The molecule has 2 atom stereocenters. The fourth-order valence-corrected chi connectivity index (χ4v) is 4.51. The number of hydrogen-bond acceptors (Lipinski definition) is 4. The molecule has 1 saturated heterocycles. The summed E-state index contributed by atoms with van der Waals surface area (Å²) in [7, 11) is 1.54. The molecule has 1 fully saturated rings. The lowest BCUT2D eigenvalue weighted by Gasteiger charge is -2.35. The van der Waals surface area contributed by atoms with Gasteiger partial charge in [0.25, 0.3) is 5.91 Å². The van der Waals surface area contributed by atoms with Gasteiger partial charge in [0.2, 0.25) is 11.8 Å². The summed E-state index contributed by atoms with van der Waals surface area (Å²) in [5, 5.41) is 4.61. The van der Waals surface area contributed by atoms with E-state index in [-0.39, 0.29) is 30.7 Å². The molecule has 5 rings (SSSR count). The number of likely N-dealkylation sites (N-methyl/N-ethyl adjacent to an activating group) is 1. The highest BCUT2D eigenvalue weighted by Crippen LogP contribution is 2.37. The summed E-state index contributed by atoms with van der Waals surface area (Å²) >= 11 is 0. The second-order valence-electron chi connectivity index (χ2n) is 8.04. The number of hydrogen-bond donors (Lipinski definition) is 1. The predicted octanol–water partition coefficient (Wildman–Crippen LogP) is 2.73. The van der Waals surface area contributed by atoms with Gasteiger partial charge in [-0.1, -0.05) is 48.5 Å². The van der Waals surface area contributed by atoms with E-state index in [1.54, 1.807) is 28.0 Å². The van der Waals surface area contributed by atoms with Gasteiger partial charge in [-0.3, -0.25) is 14.4 Å². The molecular formula is C25H23N3O4. The summed E-state index contributed by atoms with van der Waals surface area (Å²) in [4.78, 5) is 42.0.